The molecular formula is C12H9FO2S. The molecule has 0 amide bonds. The first-order valence-electron chi connectivity index (χ1n) is 4.63. The standard InChI is InChI=1S/C12H9FO2S/c1-15-10-4-2-3-9(11(10)13)12(14)8-5-6-16-7-8/h2-7H,1H3. The molecule has 0 fully saturated rings. The van der Waals surface area contributed by atoms with Crippen molar-refractivity contribution in [1.82, 2.24) is 0 Å². The highest BCUT2D eigenvalue weighted by Crippen LogP contribution is 2.22. The van der Waals surface area contributed by atoms with E-state index in [4.69, 9.17) is 4.74 Å². The van der Waals surface area contributed by atoms with Crippen LogP contribution in [0.25, 0.3) is 0 Å². The van der Waals surface area contributed by atoms with Crippen LogP contribution in [0.1, 0.15) is 15.9 Å². The van der Waals surface area contributed by atoms with E-state index in [-0.39, 0.29) is 17.1 Å². The van der Waals surface area contributed by atoms with E-state index < -0.39 is 5.82 Å². The molecule has 0 atom stereocenters. The molecule has 4 heteroatoms. The van der Waals surface area contributed by atoms with Gasteiger partial charge in [-0.05, 0) is 23.6 Å². The van der Waals surface area contributed by atoms with E-state index in [1.807, 2.05) is 0 Å². The Bertz CT molecular complexity index is 506. The van der Waals surface area contributed by atoms with Crippen LogP contribution in [0, 0.1) is 5.82 Å². The number of carbonyl (C=O) groups excluding carboxylic acids is 1. The van der Waals surface area contributed by atoms with Crippen LogP contribution < -0.4 is 4.74 Å². The van der Waals surface area contributed by atoms with Gasteiger partial charge in [0, 0.05) is 10.9 Å². The fourth-order valence-electron chi connectivity index (χ4n) is 1.39. The van der Waals surface area contributed by atoms with Gasteiger partial charge >= 0.3 is 0 Å². The van der Waals surface area contributed by atoms with Crippen molar-refractivity contribution in [3.05, 3.63) is 52.0 Å². The maximum Gasteiger partial charge on any atom is 0.196 e. The zero-order valence-electron chi connectivity index (χ0n) is 8.57. The molecule has 0 saturated carbocycles. The number of ketones is 1. The van der Waals surface area contributed by atoms with Crippen LogP contribution in [0.3, 0.4) is 0 Å². The van der Waals surface area contributed by atoms with Gasteiger partial charge in [-0.25, -0.2) is 4.39 Å². The van der Waals surface area contributed by atoms with Crippen LogP contribution in [0.15, 0.2) is 35.0 Å². The van der Waals surface area contributed by atoms with Crippen molar-refractivity contribution in [2.24, 2.45) is 0 Å². The largest absolute Gasteiger partial charge is 0.494 e. The zero-order chi connectivity index (χ0) is 11.5. The van der Waals surface area contributed by atoms with Gasteiger partial charge in [-0.15, -0.1) is 0 Å². The lowest BCUT2D eigenvalue weighted by molar-refractivity contribution is 0.103. The molecule has 2 rings (SSSR count). The predicted molar refractivity (Wildman–Crippen MR) is 60.7 cm³/mol. The fourth-order valence-corrected chi connectivity index (χ4v) is 2.03. The molecule has 0 radical (unpaired) electrons. The first-order valence-corrected chi connectivity index (χ1v) is 5.57. The average molecular weight is 236 g/mol. The molecule has 0 unspecified atom stereocenters. The lowest BCUT2D eigenvalue weighted by atomic mass is 10.1. The third-order valence-corrected chi connectivity index (χ3v) is 2.89. The number of thiophene rings is 1. The Morgan fingerprint density at radius 1 is 1.38 bits per heavy atom. The summed E-state index contributed by atoms with van der Waals surface area (Å²) < 4.78 is 18.6. The molecule has 2 aromatic rings. The number of halogens is 1. The lowest BCUT2D eigenvalue weighted by Gasteiger charge is -2.05. The molecule has 0 N–H and O–H groups in total. The zero-order valence-corrected chi connectivity index (χ0v) is 9.38. The highest BCUT2D eigenvalue weighted by atomic mass is 32.1. The average Bonchev–Trinajstić information content (AvgIpc) is 2.82. The number of hydrogen-bond acceptors (Lipinski definition) is 3. The second-order valence-corrected chi connectivity index (χ2v) is 3.94. The third-order valence-electron chi connectivity index (χ3n) is 2.21. The Labute approximate surface area is 96.3 Å². The van der Waals surface area contributed by atoms with Gasteiger partial charge in [-0.3, -0.25) is 4.79 Å². The van der Waals surface area contributed by atoms with Crippen LogP contribution in [-0.2, 0) is 0 Å². The summed E-state index contributed by atoms with van der Waals surface area (Å²) in [5.74, 6) is -0.847. The molecule has 0 bridgehead atoms. The lowest BCUT2D eigenvalue weighted by Crippen LogP contribution is -2.04. The minimum Gasteiger partial charge on any atom is -0.494 e. The first-order chi connectivity index (χ1) is 7.74. The van der Waals surface area contributed by atoms with Crippen molar-refractivity contribution in [1.29, 1.82) is 0 Å². The molecule has 2 nitrogen and oxygen atoms in total. The normalized spacial score (nSPS) is 10.1. The van der Waals surface area contributed by atoms with E-state index in [1.54, 1.807) is 22.9 Å². The second kappa shape index (κ2) is 4.45. The van der Waals surface area contributed by atoms with Crippen LogP contribution in [-0.4, -0.2) is 12.9 Å². The smallest absolute Gasteiger partial charge is 0.196 e. The van der Waals surface area contributed by atoms with Crippen molar-refractivity contribution in [3.63, 3.8) is 0 Å². The fraction of sp³-hybridized carbons (Fsp3) is 0.0833. The summed E-state index contributed by atoms with van der Waals surface area (Å²) in [7, 11) is 1.37. The summed E-state index contributed by atoms with van der Waals surface area (Å²) in [6, 6.07) is 6.21. The van der Waals surface area contributed by atoms with E-state index in [1.165, 1.54) is 30.6 Å². The van der Waals surface area contributed by atoms with Gasteiger partial charge in [0.15, 0.2) is 17.3 Å². The Hall–Kier alpha value is -1.68. The SMILES string of the molecule is COc1cccc(C(=O)c2ccsc2)c1F. The second-order valence-electron chi connectivity index (χ2n) is 3.16. The van der Waals surface area contributed by atoms with E-state index in [0.29, 0.717) is 5.56 Å². The highest BCUT2D eigenvalue weighted by molar-refractivity contribution is 7.08. The molecule has 0 aliphatic rings. The molecule has 1 aromatic heterocycles. The number of carbonyl (C=O) groups is 1. The summed E-state index contributed by atoms with van der Waals surface area (Å²) in [6.07, 6.45) is 0. The van der Waals surface area contributed by atoms with E-state index >= 15 is 0 Å². The Balaban J connectivity index is 2.45. The van der Waals surface area contributed by atoms with Gasteiger partial charge < -0.3 is 4.74 Å². The summed E-state index contributed by atoms with van der Waals surface area (Å²) in [5.41, 5.74) is 0.537. The molecule has 0 spiro atoms. The molecule has 16 heavy (non-hydrogen) atoms. The van der Waals surface area contributed by atoms with Gasteiger partial charge in [-0.1, -0.05) is 6.07 Å². The number of benzene rings is 1. The van der Waals surface area contributed by atoms with E-state index in [0.717, 1.165) is 0 Å². The molecular weight excluding hydrogens is 227 g/mol. The predicted octanol–water partition coefficient (Wildman–Crippen LogP) is 3.13. The molecule has 0 aliphatic heterocycles. The van der Waals surface area contributed by atoms with Gasteiger partial charge in [-0.2, -0.15) is 11.3 Å². The van der Waals surface area contributed by atoms with Crippen molar-refractivity contribution < 1.29 is 13.9 Å². The van der Waals surface area contributed by atoms with Crippen LogP contribution in [0.4, 0.5) is 4.39 Å². The summed E-state index contributed by atoms with van der Waals surface area (Å²) in [6.45, 7) is 0. The van der Waals surface area contributed by atoms with E-state index in [9.17, 15) is 9.18 Å². The number of methoxy groups -OCH3 is 1. The molecule has 0 saturated heterocycles. The number of rotatable bonds is 3. The maximum atomic E-state index is 13.8. The topological polar surface area (TPSA) is 26.3 Å². The molecule has 1 heterocycles. The molecule has 1 aromatic carbocycles. The monoisotopic (exact) mass is 236 g/mol. The summed E-state index contributed by atoms with van der Waals surface area (Å²) in [4.78, 5) is 11.9. The first kappa shape index (κ1) is 10.8. The van der Waals surface area contributed by atoms with Gasteiger partial charge in [0.1, 0.15) is 0 Å². The molecule has 82 valence electrons. The Morgan fingerprint density at radius 3 is 2.81 bits per heavy atom. The van der Waals surface area contributed by atoms with Gasteiger partial charge in [0.25, 0.3) is 0 Å². The maximum absolute atomic E-state index is 13.8. The van der Waals surface area contributed by atoms with Crippen molar-refractivity contribution in [2.75, 3.05) is 7.11 Å². The quantitative estimate of drug-likeness (QED) is 0.765. The van der Waals surface area contributed by atoms with E-state index in [2.05, 4.69) is 0 Å². The minimum absolute atomic E-state index is 0.0396. The minimum atomic E-state index is -0.610. The van der Waals surface area contributed by atoms with Gasteiger partial charge in [0.2, 0.25) is 0 Å². The third kappa shape index (κ3) is 1.84. The number of ether oxygens (including phenoxy) is 1. The summed E-state index contributed by atoms with van der Waals surface area (Å²) >= 11 is 1.40. The van der Waals surface area contributed by atoms with Crippen LogP contribution in [0.2, 0.25) is 0 Å². The Kier molecular flexibility index (Phi) is 3.01. The van der Waals surface area contributed by atoms with Crippen molar-refractivity contribution >= 4 is 17.1 Å². The number of hydrogen-bond donors (Lipinski definition) is 0. The highest BCUT2D eigenvalue weighted by Gasteiger charge is 2.17. The molecule has 0 aliphatic carbocycles. The Morgan fingerprint density at radius 2 is 2.19 bits per heavy atom. The van der Waals surface area contributed by atoms with Crippen LogP contribution in [0.5, 0.6) is 5.75 Å². The van der Waals surface area contributed by atoms with Crippen molar-refractivity contribution in [2.45, 2.75) is 0 Å². The summed E-state index contributed by atoms with van der Waals surface area (Å²) in [5, 5.41) is 3.48. The van der Waals surface area contributed by atoms with Crippen molar-refractivity contribution in [3.8, 4) is 5.75 Å². The van der Waals surface area contributed by atoms with Gasteiger partial charge in [0.05, 0.1) is 12.7 Å². The van der Waals surface area contributed by atoms with Crippen LogP contribution >= 0.6 is 11.3 Å².